The second-order valence-electron chi connectivity index (χ2n) is 6.30. The van der Waals surface area contributed by atoms with Crippen molar-refractivity contribution in [1.29, 1.82) is 0 Å². The SMILES string of the molecule is O=C(NCCc1ccccc1F)C(Cc1cccnc1)c1ccc(F)cc1. The summed E-state index contributed by atoms with van der Waals surface area (Å²) in [6.45, 7) is 0.324. The number of amides is 1. The number of carbonyl (C=O) groups is 1. The van der Waals surface area contributed by atoms with Gasteiger partial charge < -0.3 is 5.32 Å². The van der Waals surface area contributed by atoms with Crippen LogP contribution in [0.2, 0.25) is 0 Å². The van der Waals surface area contributed by atoms with E-state index in [0.29, 0.717) is 24.9 Å². The number of hydrogen-bond acceptors (Lipinski definition) is 2. The fraction of sp³-hybridized carbons (Fsp3) is 0.182. The quantitative estimate of drug-likeness (QED) is 0.686. The number of halogens is 2. The number of benzene rings is 2. The van der Waals surface area contributed by atoms with Gasteiger partial charge in [-0.2, -0.15) is 0 Å². The van der Waals surface area contributed by atoms with Crippen LogP contribution >= 0.6 is 0 Å². The second-order valence-corrected chi connectivity index (χ2v) is 6.30. The van der Waals surface area contributed by atoms with E-state index in [1.807, 2.05) is 12.1 Å². The minimum absolute atomic E-state index is 0.179. The third-order valence-corrected chi connectivity index (χ3v) is 4.40. The number of nitrogens with zero attached hydrogens (tertiary/aromatic N) is 1. The van der Waals surface area contributed by atoms with Gasteiger partial charge >= 0.3 is 0 Å². The molecule has 0 aliphatic carbocycles. The molecule has 27 heavy (non-hydrogen) atoms. The number of aromatic nitrogens is 1. The molecule has 0 saturated carbocycles. The molecule has 138 valence electrons. The first kappa shape index (κ1) is 18.7. The average Bonchev–Trinajstić information content (AvgIpc) is 2.69. The van der Waals surface area contributed by atoms with Gasteiger partial charge in [0.1, 0.15) is 11.6 Å². The predicted molar refractivity (Wildman–Crippen MR) is 100 cm³/mol. The molecule has 1 N–H and O–H groups in total. The zero-order valence-electron chi connectivity index (χ0n) is 14.7. The van der Waals surface area contributed by atoms with Crippen LogP contribution in [0.5, 0.6) is 0 Å². The summed E-state index contributed by atoms with van der Waals surface area (Å²) in [4.78, 5) is 16.9. The zero-order chi connectivity index (χ0) is 19.1. The van der Waals surface area contributed by atoms with Crippen molar-refractivity contribution in [3.8, 4) is 0 Å². The molecule has 1 amide bonds. The monoisotopic (exact) mass is 366 g/mol. The molecule has 1 unspecified atom stereocenters. The minimum atomic E-state index is -0.476. The van der Waals surface area contributed by atoms with Gasteiger partial charge in [-0.05, 0) is 53.8 Å². The standard InChI is InChI=1S/C22H20F2N2O/c23-19-9-7-17(8-10-19)20(14-16-4-3-12-25-15-16)22(27)26-13-11-18-5-1-2-6-21(18)24/h1-10,12,15,20H,11,13-14H2,(H,26,27). The summed E-state index contributed by atoms with van der Waals surface area (Å²) < 4.78 is 27.0. The third-order valence-electron chi connectivity index (χ3n) is 4.40. The van der Waals surface area contributed by atoms with E-state index in [2.05, 4.69) is 10.3 Å². The zero-order valence-corrected chi connectivity index (χ0v) is 14.7. The highest BCUT2D eigenvalue weighted by molar-refractivity contribution is 5.84. The van der Waals surface area contributed by atoms with E-state index < -0.39 is 5.92 Å². The Labute approximate surface area is 157 Å². The lowest BCUT2D eigenvalue weighted by Crippen LogP contribution is -2.32. The largest absolute Gasteiger partial charge is 0.355 e. The van der Waals surface area contributed by atoms with E-state index in [-0.39, 0.29) is 17.5 Å². The number of carbonyl (C=O) groups excluding carboxylic acids is 1. The van der Waals surface area contributed by atoms with Crippen LogP contribution in [0, 0.1) is 11.6 Å². The van der Waals surface area contributed by atoms with Crippen LogP contribution in [0.1, 0.15) is 22.6 Å². The predicted octanol–water partition coefficient (Wildman–Crippen LogP) is 4.05. The van der Waals surface area contributed by atoms with Gasteiger partial charge in [-0.1, -0.05) is 36.4 Å². The van der Waals surface area contributed by atoms with E-state index >= 15 is 0 Å². The molecular weight excluding hydrogens is 346 g/mol. The Morgan fingerprint density at radius 2 is 1.78 bits per heavy atom. The highest BCUT2D eigenvalue weighted by Crippen LogP contribution is 2.21. The average molecular weight is 366 g/mol. The maximum atomic E-state index is 13.7. The second kappa shape index (κ2) is 9.03. The van der Waals surface area contributed by atoms with Gasteiger partial charge in [0.2, 0.25) is 5.91 Å². The van der Waals surface area contributed by atoms with Gasteiger partial charge in [-0.15, -0.1) is 0 Å². The first-order valence-corrected chi connectivity index (χ1v) is 8.79. The third kappa shape index (κ3) is 5.20. The van der Waals surface area contributed by atoms with Crippen molar-refractivity contribution in [3.63, 3.8) is 0 Å². The van der Waals surface area contributed by atoms with E-state index in [9.17, 15) is 13.6 Å². The Morgan fingerprint density at radius 3 is 2.48 bits per heavy atom. The van der Waals surface area contributed by atoms with Crippen LogP contribution in [-0.2, 0) is 17.6 Å². The molecule has 0 saturated heterocycles. The van der Waals surface area contributed by atoms with E-state index in [1.165, 1.54) is 18.2 Å². The summed E-state index contributed by atoms with van der Waals surface area (Å²) in [6.07, 6.45) is 4.24. The summed E-state index contributed by atoms with van der Waals surface area (Å²) >= 11 is 0. The van der Waals surface area contributed by atoms with Crippen LogP contribution in [0.25, 0.3) is 0 Å². The maximum Gasteiger partial charge on any atom is 0.227 e. The number of nitrogens with one attached hydrogen (secondary N) is 1. The molecule has 2 aromatic carbocycles. The molecule has 5 heteroatoms. The highest BCUT2D eigenvalue weighted by atomic mass is 19.1. The van der Waals surface area contributed by atoms with Crippen molar-refractivity contribution in [1.82, 2.24) is 10.3 Å². The van der Waals surface area contributed by atoms with Crippen molar-refractivity contribution in [2.24, 2.45) is 0 Å². The van der Waals surface area contributed by atoms with E-state index in [0.717, 1.165) is 11.1 Å². The molecule has 0 radical (unpaired) electrons. The molecule has 3 aromatic rings. The van der Waals surface area contributed by atoms with Crippen LogP contribution < -0.4 is 5.32 Å². The molecule has 0 fully saturated rings. The van der Waals surface area contributed by atoms with Gasteiger partial charge in [0.25, 0.3) is 0 Å². The summed E-state index contributed by atoms with van der Waals surface area (Å²) in [5.74, 6) is -1.28. The van der Waals surface area contributed by atoms with Crippen LogP contribution in [-0.4, -0.2) is 17.4 Å². The minimum Gasteiger partial charge on any atom is -0.355 e. The summed E-state index contributed by atoms with van der Waals surface area (Å²) in [5.41, 5.74) is 2.20. The molecule has 1 atom stereocenters. The highest BCUT2D eigenvalue weighted by Gasteiger charge is 2.21. The molecule has 1 heterocycles. The van der Waals surface area contributed by atoms with Crippen molar-refractivity contribution < 1.29 is 13.6 Å². The molecule has 0 aliphatic heterocycles. The van der Waals surface area contributed by atoms with Crippen LogP contribution in [0.3, 0.4) is 0 Å². The molecular formula is C22H20F2N2O. The molecule has 3 rings (SSSR count). The van der Waals surface area contributed by atoms with Crippen molar-refractivity contribution >= 4 is 5.91 Å². The Morgan fingerprint density at radius 1 is 1.00 bits per heavy atom. The van der Waals surface area contributed by atoms with Gasteiger partial charge in [0, 0.05) is 18.9 Å². The first-order valence-electron chi connectivity index (χ1n) is 8.79. The molecule has 0 aliphatic rings. The van der Waals surface area contributed by atoms with E-state index in [1.54, 1.807) is 42.7 Å². The van der Waals surface area contributed by atoms with Gasteiger partial charge in [-0.3, -0.25) is 9.78 Å². The lowest BCUT2D eigenvalue weighted by Gasteiger charge is -2.17. The van der Waals surface area contributed by atoms with Gasteiger partial charge in [-0.25, -0.2) is 8.78 Å². The molecule has 0 spiro atoms. The van der Waals surface area contributed by atoms with Crippen LogP contribution in [0.15, 0.2) is 73.1 Å². The Hall–Kier alpha value is -3.08. The maximum absolute atomic E-state index is 13.7. The summed E-state index contributed by atoms with van der Waals surface area (Å²) in [7, 11) is 0. The first-order chi connectivity index (χ1) is 13.1. The Kier molecular flexibility index (Phi) is 6.26. The van der Waals surface area contributed by atoms with Gasteiger partial charge in [0.05, 0.1) is 5.92 Å². The van der Waals surface area contributed by atoms with Crippen molar-refractivity contribution in [2.75, 3.05) is 6.54 Å². The number of hydrogen-bond donors (Lipinski definition) is 1. The fourth-order valence-electron chi connectivity index (χ4n) is 2.96. The molecule has 3 nitrogen and oxygen atoms in total. The summed E-state index contributed by atoms with van der Waals surface area (Å²) in [6, 6.07) is 16.1. The summed E-state index contributed by atoms with van der Waals surface area (Å²) in [5, 5.41) is 2.87. The smallest absolute Gasteiger partial charge is 0.227 e. The normalized spacial score (nSPS) is 11.8. The number of pyridine rings is 1. The Bertz CT molecular complexity index is 882. The van der Waals surface area contributed by atoms with E-state index in [4.69, 9.17) is 0 Å². The van der Waals surface area contributed by atoms with Crippen molar-refractivity contribution in [2.45, 2.75) is 18.8 Å². The molecule has 1 aromatic heterocycles. The number of rotatable bonds is 7. The lowest BCUT2D eigenvalue weighted by molar-refractivity contribution is -0.122. The lowest BCUT2D eigenvalue weighted by atomic mass is 9.91. The topological polar surface area (TPSA) is 42.0 Å². The van der Waals surface area contributed by atoms with Gasteiger partial charge in [0.15, 0.2) is 0 Å². The molecule has 0 bridgehead atoms. The van der Waals surface area contributed by atoms with Crippen molar-refractivity contribution in [3.05, 3.63) is 101 Å². The fourth-order valence-corrected chi connectivity index (χ4v) is 2.96. The van der Waals surface area contributed by atoms with Crippen LogP contribution in [0.4, 0.5) is 8.78 Å². The Balaban J connectivity index is 1.70.